The second kappa shape index (κ2) is 8.22. The molecule has 10 heteroatoms. The number of nitrogens with zero attached hydrogens (tertiary/aromatic N) is 2. The number of thioether (sulfide) groups is 1. The van der Waals surface area contributed by atoms with Crippen molar-refractivity contribution in [1.82, 2.24) is 15.6 Å². The molecule has 0 saturated carbocycles. The van der Waals surface area contributed by atoms with Crippen molar-refractivity contribution >= 4 is 29.1 Å². The number of amides is 2. The predicted molar refractivity (Wildman–Crippen MR) is 96.5 cm³/mol. The molecule has 0 radical (unpaired) electrons. The fourth-order valence-corrected chi connectivity index (χ4v) is 5.94. The van der Waals surface area contributed by atoms with Crippen LogP contribution in [0.1, 0.15) is 34.8 Å². The van der Waals surface area contributed by atoms with Crippen molar-refractivity contribution in [3.8, 4) is 0 Å². The van der Waals surface area contributed by atoms with E-state index in [1.54, 1.807) is 11.3 Å². The van der Waals surface area contributed by atoms with Gasteiger partial charge in [0.15, 0.2) is 0 Å². The summed E-state index contributed by atoms with van der Waals surface area (Å²) in [7, 11) is 0. The van der Waals surface area contributed by atoms with E-state index in [0.717, 1.165) is 47.0 Å². The lowest BCUT2D eigenvalue weighted by molar-refractivity contribution is -0.757. The Morgan fingerprint density at radius 2 is 2.20 bits per heavy atom. The van der Waals surface area contributed by atoms with E-state index < -0.39 is 5.09 Å². The molecule has 0 aliphatic carbocycles. The predicted octanol–water partition coefficient (Wildman–Crippen LogP) is 2.08. The van der Waals surface area contributed by atoms with Crippen LogP contribution in [0.25, 0.3) is 0 Å². The quantitative estimate of drug-likeness (QED) is 0.291. The molecule has 25 heavy (non-hydrogen) atoms. The summed E-state index contributed by atoms with van der Waals surface area (Å²) in [6.45, 7) is 2.02. The summed E-state index contributed by atoms with van der Waals surface area (Å²) in [4.78, 5) is 31.6. The topological polar surface area (TPSA) is 106 Å². The van der Waals surface area contributed by atoms with Crippen molar-refractivity contribution in [3.05, 3.63) is 25.7 Å². The standard InChI is InChI=1S/C15H22N4O4S2/c1-9-11(6-7-23-19(21)22)25-13(16-9)5-3-2-4-12-14-10(8-24-12)17-15(20)18-14/h10,12,14H,2-8H2,1H3,(H2,17,18,20)/t10?,12-,14-/m0/s1. The molecular weight excluding hydrogens is 364 g/mol. The van der Waals surface area contributed by atoms with Gasteiger partial charge in [0.05, 0.1) is 22.8 Å². The minimum atomic E-state index is -0.759. The number of hydrogen-bond donors (Lipinski definition) is 2. The number of unbranched alkanes of at least 4 members (excludes halogenated alkanes) is 1. The second-order valence-corrected chi connectivity index (χ2v) is 8.73. The fourth-order valence-electron chi connectivity index (χ4n) is 3.30. The number of aryl methyl sites for hydroxylation is 2. The summed E-state index contributed by atoms with van der Waals surface area (Å²) >= 11 is 3.57. The normalized spacial score (nSPS) is 24.7. The summed E-state index contributed by atoms with van der Waals surface area (Å²) in [6, 6.07) is 0.521. The summed E-state index contributed by atoms with van der Waals surface area (Å²) in [5, 5.41) is 17.0. The third kappa shape index (κ3) is 4.75. The Balaban J connectivity index is 1.38. The van der Waals surface area contributed by atoms with Gasteiger partial charge in [-0.15, -0.1) is 21.5 Å². The molecule has 2 amide bonds. The van der Waals surface area contributed by atoms with Gasteiger partial charge < -0.3 is 15.5 Å². The van der Waals surface area contributed by atoms with Gasteiger partial charge in [0.2, 0.25) is 0 Å². The van der Waals surface area contributed by atoms with Crippen LogP contribution in [0.3, 0.4) is 0 Å². The van der Waals surface area contributed by atoms with Gasteiger partial charge in [-0.1, -0.05) is 6.42 Å². The van der Waals surface area contributed by atoms with Crippen molar-refractivity contribution in [1.29, 1.82) is 0 Å². The number of rotatable bonds is 9. The van der Waals surface area contributed by atoms with Crippen molar-refractivity contribution in [2.24, 2.45) is 0 Å². The Hall–Kier alpha value is -1.55. The van der Waals surface area contributed by atoms with Gasteiger partial charge in [0.1, 0.15) is 6.61 Å². The van der Waals surface area contributed by atoms with Crippen molar-refractivity contribution in [2.75, 3.05) is 12.4 Å². The highest BCUT2D eigenvalue weighted by Crippen LogP contribution is 2.33. The molecule has 0 aromatic carbocycles. The van der Waals surface area contributed by atoms with E-state index in [1.165, 1.54) is 0 Å². The lowest BCUT2D eigenvalue weighted by Gasteiger charge is -2.16. The van der Waals surface area contributed by atoms with Gasteiger partial charge in [-0.25, -0.2) is 9.78 Å². The molecule has 1 aromatic heterocycles. The van der Waals surface area contributed by atoms with E-state index in [2.05, 4.69) is 20.5 Å². The molecule has 2 aliphatic heterocycles. The van der Waals surface area contributed by atoms with Crippen LogP contribution in [0.5, 0.6) is 0 Å². The van der Waals surface area contributed by atoms with Crippen LogP contribution >= 0.6 is 23.1 Å². The number of aromatic nitrogens is 1. The van der Waals surface area contributed by atoms with Gasteiger partial charge in [-0.3, -0.25) is 0 Å². The molecule has 1 unspecified atom stereocenters. The molecule has 138 valence electrons. The number of carbonyl (C=O) groups excluding carboxylic acids is 1. The van der Waals surface area contributed by atoms with Gasteiger partial charge in [0.25, 0.3) is 5.09 Å². The third-order valence-electron chi connectivity index (χ3n) is 4.53. The maximum absolute atomic E-state index is 11.4. The van der Waals surface area contributed by atoms with Crippen LogP contribution in [-0.4, -0.2) is 45.8 Å². The Morgan fingerprint density at radius 1 is 1.36 bits per heavy atom. The van der Waals surface area contributed by atoms with E-state index in [9.17, 15) is 14.9 Å². The van der Waals surface area contributed by atoms with E-state index in [1.807, 2.05) is 18.7 Å². The highest BCUT2D eigenvalue weighted by atomic mass is 32.2. The maximum Gasteiger partial charge on any atom is 0.315 e. The van der Waals surface area contributed by atoms with E-state index >= 15 is 0 Å². The van der Waals surface area contributed by atoms with Crippen LogP contribution in [0.15, 0.2) is 0 Å². The van der Waals surface area contributed by atoms with Crippen LogP contribution in [0.2, 0.25) is 0 Å². The number of fused-ring (bicyclic) bond motifs is 1. The van der Waals surface area contributed by atoms with E-state index in [4.69, 9.17) is 0 Å². The molecule has 2 fully saturated rings. The number of carbonyl (C=O) groups is 1. The van der Waals surface area contributed by atoms with Crippen LogP contribution in [0.4, 0.5) is 4.79 Å². The average molecular weight is 386 g/mol. The second-order valence-electron chi connectivity index (χ2n) is 6.29. The van der Waals surface area contributed by atoms with E-state index in [0.29, 0.717) is 11.7 Å². The molecule has 3 atom stereocenters. The largest absolute Gasteiger partial charge is 0.332 e. The first kappa shape index (κ1) is 18.2. The highest BCUT2D eigenvalue weighted by Gasteiger charge is 2.42. The monoisotopic (exact) mass is 386 g/mol. The molecule has 2 aliphatic rings. The minimum absolute atomic E-state index is 0.0350. The Kier molecular flexibility index (Phi) is 6.00. The average Bonchev–Trinajstić information content (AvgIpc) is 3.19. The summed E-state index contributed by atoms with van der Waals surface area (Å²) in [5.41, 5.74) is 0.945. The van der Waals surface area contributed by atoms with Crippen molar-refractivity contribution in [2.45, 2.75) is 56.4 Å². The van der Waals surface area contributed by atoms with Crippen molar-refractivity contribution in [3.63, 3.8) is 0 Å². The molecular formula is C15H22N4O4S2. The number of hydrogen-bond acceptors (Lipinski definition) is 7. The Bertz CT molecular complexity index is 639. The van der Waals surface area contributed by atoms with Crippen LogP contribution in [-0.2, 0) is 17.7 Å². The zero-order valence-electron chi connectivity index (χ0n) is 14.0. The Morgan fingerprint density at radius 3 is 3.00 bits per heavy atom. The van der Waals surface area contributed by atoms with Gasteiger partial charge in [-0.05, 0) is 26.2 Å². The van der Waals surface area contributed by atoms with Crippen molar-refractivity contribution < 1.29 is 14.7 Å². The SMILES string of the molecule is Cc1nc(CCCC[C@@H]2SCC3NC(=O)N[C@@H]32)sc1CCO[N+](=O)[O-]. The molecule has 3 rings (SSSR count). The first-order chi connectivity index (χ1) is 12.0. The molecule has 0 bridgehead atoms. The first-order valence-electron chi connectivity index (χ1n) is 8.44. The molecule has 2 N–H and O–H groups in total. The van der Waals surface area contributed by atoms with Crippen LogP contribution < -0.4 is 10.6 Å². The molecule has 0 spiro atoms. The zero-order valence-corrected chi connectivity index (χ0v) is 15.7. The Labute approximate surface area is 154 Å². The van der Waals surface area contributed by atoms with E-state index in [-0.39, 0.29) is 24.7 Å². The van der Waals surface area contributed by atoms with Crippen LogP contribution in [0, 0.1) is 17.0 Å². The summed E-state index contributed by atoms with van der Waals surface area (Å²) < 4.78 is 0. The number of urea groups is 1. The van der Waals surface area contributed by atoms with Gasteiger partial charge in [0, 0.05) is 22.3 Å². The smallest absolute Gasteiger partial charge is 0.315 e. The minimum Gasteiger partial charge on any atom is -0.332 e. The number of nitrogens with one attached hydrogen (secondary N) is 2. The molecule has 3 heterocycles. The third-order valence-corrected chi connectivity index (χ3v) is 7.32. The number of thiazole rings is 1. The summed E-state index contributed by atoms with van der Waals surface area (Å²) in [6.07, 6.45) is 4.72. The zero-order chi connectivity index (χ0) is 17.8. The summed E-state index contributed by atoms with van der Waals surface area (Å²) in [5.74, 6) is 0.995. The highest BCUT2D eigenvalue weighted by molar-refractivity contribution is 8.00. The molecule has 2 saturated heterocycles. The molecule has 1 aromatic rings. The molecule has 8 nitrogen and oxygen atoms in total. The fraction of sp³-hybridized carbons (Fsp3) is 0.733. The van der Waals surface area contributed by atoms with Gasteiger partial charge in [-0.2, -0.15) is 11.8 Å². The lowest BCUT2D eigenvalue weighted by atomic mass is 10.0. The maximum atomic E-state index is 11.4. The van der Waals surface area contributed by atoms with Gasteiger partial charge >= 0.3 is 6.03 Å². The first-order valence-corrected chi connectivity index (χ1v) is 10.3. The lowest BCUT2D eigenvalue weighted by Crippen LogP contribution is -2.36.